The number of carbonyl (C=O) groups is 1. The molecule has 1 unspecified atom stereocenters. The van der Waals surface area contributed by atoms with E-state index in [1.165, 1.54) is 24.8 Å². The van der Waals surface area contributed by atoms with Gasteiger partial charge in [-0.1, -0.05) is 37.5 Å². The molecule has 1 heterocycles. The van der Waals surface area contributed by atoms with Gasteiger partial charge in [-0.2, -0.15) is 0 Å². The van der Waals surface area contributed by atoms with Crippen molar-refractivity contribution in [3.05, 3.63) is 29.8 Å². The SMILES string of the molecule is CC1Cc2ccccc2N1C(=O)C1CCCCC1. The predicted octanol–water partition coefficient (Wildman–Crippen LogP) is 3.54. The second kappa shape index (κ2) is 4.75. The third-order valence-corrected chi connectivity index (χ3v) is 4.40. The van der Waals surface area contributed by atoms with E-state index in [1.54, 1.807) is 0 Å². The molecular formula is C16H21NO. The van der Waals surface area contributed by atoms with Crippen LogP contribution >= 0.6 is 0 Å². The van der Waals surface area contributed by atoms with Gasteiger partial charge < -0.3 is 4.90 Å². The minimum atomic E-state index is 0.271. The highest BCUT2D eigenvalue weighted by Crippen LogP contribution is 2.35. The van der Waals surface area contributed by atoms with Gasteiger partial charge in [0.05, 0.1) is 0 Å². The van der Waals surface area contributed by atoms with Gasteiger partial charge in [-0.05, 0) is 37.8 Å². The van der Waals surface area contributed by atoms with E-state index in [0.717, 1.165) is 24.9 Å². The van der Waals surface area contributed by atoms with Gasteiger partial charge in [-0.3, -0.25) is 4.79 Å². The van der Waals surface area contributed by atoms with Gasteiger partial charge in [-0.15, -0.1) is 0 Å². The molecule has 1 aromatic carbocycles. The quantitative estimate of drug-likeness (QED) is 0.738. The van der Waals surface area contributed by atoms with Gasteiger partial charge in [0.15, 0.2) is 0 Å². The van der Waals surface area contributed by atoms with Gasteiger partial charge >= 0.3 is 0 Å². The van der Waals surface area contributed by atoms with Crippen LogP contribution in [-0.2, 0) is 11.2 Å². The van der Waals surface area contributed by atoms with E-state index in [-0.39, 0.29) is 5.92 Å². The number of hydrogen-bond acceptors (Lipinski definition) is 1. The van der Waals surface area contributed by atoms with E-state index in [4.69, 9.17) is 0 Å². The van der Waals surface area contributed by atoms with Gasteiger partial charge in [0.2, 0.25) is 5.91 Å². The zero-order valence-corrected chi connectivity index (χ0v) is 11.1. The molecule has 0 saturated heterocycles. The number of fused-ring (bicyclic) bond motifs is 1. The van der Waals surface area contributed by atoms with Crippen molar-refractivity contribution in [3.8, 4) is 0 Å². The molecule has 0 bridgehead atoms. The molecule has 2 aliphatic rings. The smallest absolute Gasteiger partial charge is 0.230 e. The molecule has 1 aromatic rings. The highest BCUT2D eigenvalue weighted by Gasteiger charge is 2.34. The lowest BCUT2D eigenvalue weighted by atomic mass is 9.88. The van der Waals surface area contributed by atoms with E-state index >= 15 is 0 Å². The van der Waals surface area contributed by atoms with Crippen molar-refractivity contribution >= 4 is 11.6 Å². The van der Waals surface area contributed by atoms with E-state index < -0.39 is 0 Å². The van der Waals surface area contributed by atoms with Crippen molar-refractivity contribution < 1.29 is 4.79 Å². The summed E-state index contributed by atoms with van der Waals surface area (Å²) in [5.41, 5.74) is 2.48. The largest absolute Gasteiger partial charge is 0.309 e. The Bertz CT molecular complexity index is 448. The van der Waals surface area contributed by atoms with Crippen LogP contribution in [0.5, 0.6) is 0 Å². The molecule has 1 fully saturated rings. The lowest BCUT2D eigenvalue weighted by molar-refractivity contribution is -0.123. The lowest BCUT2D eigenvalue weighted by Crippen LogP contribution is -2.40. The first-order chi connectivity index (χ1) is 8.77. The number of carbonyl (C=O) groups excluding carboxylic acids is 1. The van der Waals surface area contributed by atoms with E-state index in [9.17, 15) is 4.79 Å². The Kier molecular flexibility index (Phi) is 3.11. The minimum absolute atomic E-state index is 0.271. The van der Waals surface area contributed by atoms with Crippen LogP contribution in [0.1, 0.15) is 44.6 Å². The first-order valence-electron chi connectivity index (χ1n) is 7.18. The Balaban J connectivity index is 1.85. The molecule has 1 atom stereocenters. The zero-order chi connectivity index (χ0) is 12.5. The van der Waals surface area contributed by atoms with Crippen LogP contribution in [0.15, 0.2) is 24.3 Å². The Hall–Kier alpha value is -1.31. The lowest BCUT2D eigenvalue weighted by Gasteiger charge is -2.29. The standard InChI is InChI=1S/C16H21NO/c1-12-11-14-9-5-6-10-15(14)17(12)16(18)13-7-3-2-4-8-13/h5-6,9-10,12-13H,2-4,7-8,11H2,1H3. The summed E-state index contributed by atoms with van der Waals surface area (Å²) >= 11 is 0. The molecule has 0 spiro atoms. The van der Waals surface area contributed by atoms with Gasteiger partial charge in [-0.25, -0.2) is 0 Å². The summed E-state index contributed by atoms with van der Waals surface area (Å²) in [5.74, 6) is 0.638. The van der Waals surface area contributed by atoms with Crippen molar-refractivity contribution in [2.45, 2.75) is 51.5 Å². The van der Waals surface area contributed by atoms with Gasteiger partial charge in [0.1, 0.15) is 0 Å². The Labute approximate surface area is 109 Å². The van der Waals surface area contributed by atoms with Gasteiger partial charge in [0.25, 0.3) is 0 Å². The Morgan fingerprint density at radius 1 is 1.17 bits per heavy atom. The second-order valence-electron chi connectivity index (χ2n) is 5.73. The second-order valence-corrected chi connectivity index (χ2v) is 5.73. The Morgan fingerprint density at radius 2 is 1.89 bits per heavy atom. The van der Waals surface area contributed by atoms with E-state index in [2.05, 4.69) is 30.0 Å². The predicted molar refractivity (Wildman–Crippen MR) is 73.7 cm³/mol. The molecule has 0 N–H and O–H groups in total. The number of para-hydroxylation sites is 1. The molecule has 18 heavy (non-hydrogen) atoms. The first-order valence-corrected chi connectivity index (χ1v) is 7.18. The van der Waals surface area contributed by atoms with Crippen LogP contribution in [0, 0.1) is 5.92 Å². The fraction of sp³-hybridized carbons (Fsp3) is 0.562. The molecule has 0 radical (unpaired) electrons. The van der Waals surface area contributed by atoms with E-state index in [1.807, 2.05) is 6.07 Å². The van der Waals surface area contributed by atoms with Crippen LogP contribution in [-0.4, -0.2) is 11.9 Å². The van der Waals surface area contributed by atoms with Crippen molar-refractivity contribution in [1.29, 1.82) is 0 Å². The monoisotopic (exact) mass is 243 g/mol. The number of hydrogen-bond donors (Lipinski definition) is 0. The van der Waals surface area contributed by atoms with Crippen LogP contribution < -0.4 is 4.90 Å². The highest BCUT2D eigenvalue weighted by molar-refractivity contribution is 5.97. The molecule has 1 saturated carbocycles. The number of benzene rings is 1. The summed E-state index contributed by atoms with van der Waals surface area (Å²) < 4.78 is 0. The molecule has 2 nitrogen and oxygen atoms in total. The van der Waals surface area contributed by atoms with Crippen LogP contribution in [0.4, 0.5) is 5.69 Å². The van der Waals surface area contributed by atoms with Crippen LogP contribution in [0.25, 0.3) is 0 Å². The maximum Gasteiger partial charge on any atom is 0.230 e. The minimum Gasteiger partial charge on any atom is -0.309 e. The fourth-order valence-electron chi connectivity index (χ4n) is 3.45. The average molecular weight is 243 g/mol. The molecule has 0 aromatic heterocycles. The summed E-state index contributed by atoms with van der Waals surface area (Å²) in [4.78, 5) is 14.8. The summed E-state index contributed by atoms with van der Waals surface area (Å²) in [5, 5.41) is 0. The molecule has 3 rings (SSSR count). The summed E-state index contributed by atoms with van der Waals surface area (Å²) in [6, 6.07) is 8.69. The number of nitrogens with zero attached hydrogens (tertiary/aromatic N) is 1. The maximum absolute atomic E-state index is 12.7. The van der Waals surface area contributed by atoms with Crippen molar-refractivity contribution in [2.24, 2.45) is 5.92 Å². The fourth-order valence-corrected chi connectivity index (χ4v) is 3.45. The molecule has 2 heteroatoms. The van der Waals surface area contributed by atoms with E-state index in [0.29, 0.717) is 11.9 Å². The topological polar surface area (TPSA) is 20.3 Å². The summed E-state index contributed by atoms with van der Waals surface area (Å²) in [7, 11) is 0. The molecule has 1 aliphatic heterocycles. The Morgan fingerprint density at radius 3 is 2.67 bits per heavy atom. The third kappa shape index (κ3) is 1.94. The first kappa shape index (κ1) is 11.8. The van der Waals surface area contributed by atoms with Crippen molar-refractivity contribution in [1.82, 2.24) is 0 Å². The molecule has 96 valence electrons. The maximum atomic E-state index is 12.7. The third-order valence-electron chi connectivity index (χ3n) is 4.40. The average Bonchev–Trinajstić information content (AvgIpc) is 2.75. The van der Waals surface area contributed by atoms with Crippen molar-refractivity contribution in [3.63, 3.8) is 0 Å². The molecule has 1 aliphatic carbocycles. The zero-order valence-electron chi connectivity index (χ0n) is 11.1. The summed E-state index contributed by atoms with van der Waals surface area (Å²) in [6.07, 6.45) is 6.93. The number of rotatable bonds is 1. The van der Waals surface area contributed by atoms with Crippen LogP contribution in [0.3, 0.4) is 0 Å². The number of anilines is 1. The normalized spacial score (nSPS) is 24.1. The number of amides is 1. The van der Waals surface area contributed by atoms with Gasteiger partial charge in [0, 0.05) is 17.6 Å². The van der Waals surface area contributed by atoms with Crippen LogP contribution in [0.2, 0.25) is 0 Å². The highest BCUT2D eigenvalue weighted by atomic mass is 16.2. The van der Waals surface area contributed by atoms with Crippen molar-refractivity contribution in [2.75, 3.05) is 4.90 Å². The summed E-state index contributed by atoms with van der Waals surface area (Å²) in [6.45, 7) is 2.17. The molecule has 1 amide bonds. The molecular weight excluding hydrogens is 222 g/mol.